The first-order chi connectivity index (χ1) is 11.8. The molecule has 0 radical (unpaired) electrons. The number of hydrogen-bond acceptors (Lipinski definition) is 6. The molecule has 0 bridgehead atoms. The average molecular weight is 347 g/mol. The first-order valence-electron chi connectivity index (χ1n) is 8.41. The number of nitriles is 1. The molecule has 1 heterocycles. The van der Waals surface area contributed by atoms with Crippen LogP contribution in [0.5, 0.6) is 11.8 Å². The molecule has 7 heteroatoms. The van der Waals surface area contributed by atoms with Crippen LogP contribution in [0.4, 0.5) is 4.79 Å². The number of ether oxygens (including phenoxy) is 3. The van der Waals surface area contributed by atoms with Crippen molar-refractivity contribution in [1.29, 1.82) is 5.26 Å². The maximum Gasteiger partial charge on any atom is 0.407 e. The van der Waals surface area contributed by atoms with Crippen LogP contribution < -0.4 is 14.8 Å². The van der Waals surface area contributed by atoms with E-state index in [1.165, 1.54) is 7.11 Å². The van der Waals surface area contributed by atoms with Crippen molar-refractivity contribution in [1.82, 2.24) is 10.3 Å². The quantitative estimate of drug-likeness (QED) is 0.899. The largest absolute Gasteiger partial charge is 0.480 e. The highest BCUT2D eigenvalue weighted by atomic mass is 16.6. The number of amides is 1. The number of methoxy groups -OCH3 is 1. The lowest BCUT2D eigenvalue weighted by Crippen LogP contribution is -2.43. The minimum Gasteiger partial charge on any atom is -0.480 e. The van der Waals surface area contributed by atoms with Gasteiger partial charge in [0, 0.05) is 11.6 Å². The van der Waals surface area contributed by atoms with E-state index in [9.17, 15) is 4.79 Å². The minimum atomic E-state index is -0.379. The number of pyridine rings is 1. The summed E-state index contributed by atoms with van der Waals surface area (Å²) >= 11 is 0. The van der Waals surface area contributed by atoms with Gasteiger partial charge in [-0.2, -0.15) is 10.2 Å². The molecule has 0 aromatic carbocycles. The molecular weight excluding hydrogens is 322 g/mol. The Bertz CT molecular complexity index is 641. The monoisotopic (exact) mass is 347 g/mol. The first-order valence-corrected chi connectivity index (χ1v) is 8.41. The standard InChI is InChI=1S/C18H25N3O4/c1-18(2,3)21-17(22)25-14-8-6-13(7-9-14)24-15-10-5-12(11-19)16(20-15)23-4/h5,10,13-14H,6-9H2,1-4H3,(H,21,22). The summed E-state index contributed by atoms with van der Waals surface area (Å²) in [6.07, 6.45) is 2.58. The number of nitrogens with one attached hydrogen (secondary N) is 1. The lowest BCUT2D eigenvalue weighted by molar-refractivity contribution is 0.0380. The summed E-state index contributed by atoms with van der Waals surface area (Å²) in [6, 6.07) is 5.32. The van der Waals surface area contributed by atoms with E-state index in [2.05, 4.69) is 10.3 Å². The number of aromatic nitrogens is 1. The fourth-order valence-corrected chi connectivity index (χ4v) is 2.66. The van der Waals surface area contributed by atoms with Crippen LogP contribution in [0.15, 0.2) is 12.1 Å². The maximum atomic E-state index is 11.8. The smallest absolute Gasteiger partial charge is 0.407 e. The van der Waals surface area contributed by atoms with Crippen LogP contribution in [0.1, 0.15) is 52.0 Å². The molecule has 0 saturated heterocycles. The van der Waals surface area contributed by atoms with Gasteiger partial charge in [0.25, 0.3) is 0 Å². The fourth-order valence-electron chi connectivity index (χ4n) is 2.66. The number of hydrogen-bond donors (Lipinski definition) is 1. The molecule has 1 aromatic heterocycles. The highest BCUT2D eigenvalue weighted by Gasteiger charge is 2.26. The molecule has 1 aliphatic carbocycles. The number of nitrogens with zero attached hydrogens (tertiary/aromatic N) is 2. The van der Waals surface area contributed by atoms with Gasteiger partial charge in [-0.15, -0.1) is 0 Å². The van der Waals surface area contributed by atoms with Gasteiger partial charge in [0.15, 0.2) is 0 Å². The van der Waals surface area contributed by atoms with Crippen molar-refractivity contribution < 1.29 is 19.0 Å². The molecule has 1 amide bonds. The molecule has 0 atom stereocenters. The van der Waals surface area contributed by atoms with E-state index in [1.54, 1.807) is 12.1 Å². The Balaban J connectivity index is 1.83. The van der Waals surface area contributed by atoms with Gasteiger partial charge in [0.05, 0.1) is 7.11 Å². The van der Waals surface area contributed by atoms with Gasteiger partial charge < -0.3 is 19.5 Å². The van der Waals surface area contributed by atoms with Crippen LogP contribution in [-0.4, -0.2) is 35.9 Å². The van der Waals surface area contributed by atoms with Crippen LogP contribution in [0.2, 0.25) is 0 Å². The second kappa shape index (κ2) is 8.06. The SMILES string of the molecule is COc1nc(OC2CCC(OC(=O)NC(C)(C)C)CC2)ccc1C#N. The van der Waals surface area contributed by atoms with Crippen LogP contribution >= 0.6 is 0 Å². The second-order valence-electron chi connectivity index (χ2n) is 7.12. The Morgan fingerprint density at radius 3 is 2.44 bits per heavy atom. The van der Waals surface area contributed by atoms with Gasteiger partial charge >= 0.3 is 6.09 Å². The Hall–Kier alpha value is -2.49. The zero-order chi connectivity index (χ0) is 18.4. The van der Waals surface area contributed by atoms with Gasteiger partial charge in [0.1, 0.15) is 23.8 Å². The van der Waals surface area contributed by atoms with Gasteiger partial charge in [0.2, 0.25) is 11.8 Å². The van der Waals surface area contributed by atoms with Crippen LogP contribution in [-0.2, 0) is 4.74 Å². The normalized spacial score (nSPS) is 20.3. The Kier molecular flexibility index (Phi) is 6.07. The Labute approximate surface area is 148 Å². The summed E-state index contributed by atoms with van der Waals surface area (Å²) in [7, 11) is 1.47. The average Bonchev–Trinajstić information content (AvgIpc) is 2.54. The summed E-state index contributed by atoms with van der Waals surface area (Å²) < 4.78 is 16.4. The molecule has 0 aliphatic heterocycles. The van der Waals surface area contributed by atoms with E-state index in [-0.39, 0.29) is 29.7 Å². The third kappa shape index (κ3) is 5.82. The van der Waals surface area contributed by atoms with E-state index in [1.807, 2.05) is 26.8 Å². The number of rotatable bonds is 4. The zero-order valence-corrected chi connectivity index (χ0v) is 15.2. The highest BCUT2D eigenvalue weighted by molar-refractivity contribution is 5.68. The maximum absolute atomic E-state index is 11.8. The number of carbonyl (C=O) groups is 1. The van der Waals surface area contributed by atoms with E-state index < -0.39 is 0 Å². The molecule has 7 nitrogen and oxygen atoms in total. The molecule has 1 saturated carbocycles. The van der Waals surface area contributed by atoms with Crippen molar-refractivity contribution in [3.05, 3.63) is 17.7 Å². The van der Waals surface area contributed by atoms with Crippen molar-refractivity contribution in [2.45, 2.75) is 64.2 Å². The van der Waals surface area contributed by atoms with E-state index in [4.69, 9.17) is 19.5 Å². The molecule has 136 valence electrons. The van der Waals surface area contributed by atoms with E-state index >= 15 is 0 Å². The molecule has 1 N–H and O–H groups in total. The lowest BCUT2D eigenvalue weighted by Gasteiger charge is -2.29. The molecule has 2 rings (SSSR count). The molecule has 0 unspecified atom stereocenters. The van der Waals surface area contributed by atoms with Crippen molar-refractivity contribution in [2.24, 2.45) is 0 Å². The van der Waals surface area contributed by atoms with Crippen molar-refractivity contribution in [3.8, 4) is 17.8 Å². The lowest BCUT2D eigenvalue weighted by atomic mass is 9.95. The number of alkyl carbamates (subject to hydrolysis) is 1. The highest BCUT2D eigenvalue weighted by Crippen LogP contribution is 2.26. The third-order valence-corrected chi connectivity index (χ3v) is 3.81. The summed E-state index contributed by atoms with van der Waals surface area (Å²) in [6.45, 7) is 5.74. The third-order valence-electron chi connectivity index (χ3n) is 3.81. The molecule has 0 spiro atoms. The molecule has 1 aliphatic rings. The van der Waals surface area contributed by atoms with Crippen LogP contribution in [0, 0.1) is 11.3 Å². The summed E-state index contributed by atoms with van der Waals surface area (Å²) in [5.74, 6) is 0.696. The van der Waals surface area contributed by atoms with Crippen molar-refractivity contribution >= 4 is 6.09 Å². The number of carbonyl (C=O) groups excluding carboxylic acids is 1. The van der Waals surface area contributed by atoms with Gasteiger partial charge in [-0.1, -0.05) is 0 Å². The predicted molar refractivity (Wildman–Crippen MR) is 91.5 cm³/mol. The van der Waals surface area contributed by atoms with Crippen LogP contribution in [0.3, 0.4) is 0 Å². The molecule has 1 fully saturated rings. The van der Waals surface area contributed by atoms with Gasteiger partial charge in [-0.3, -0.25) is 0 Å². The summed E-state index contributed by atoms with van der Waals surface area (Å²) in [5.41, 5.74) is 0.0642. The molecule has 1 aromatic rings. The van der Waals surface area contributed by atoms with Crippen molar-refractivity contribution in [3.63, 3.8) is 0 Å². The summed E-state index contributed by atoms with van der Waals surface area (Å²) in [5, 5.41) is 11.8. The van der Waals surface area contributed by atoms with Crippen LogP contribution in [0.25, 0.3) is 0 Å². The van der Waals surface area contributed by atoms with Crippen molar-refractivity contribution in [2.75, 3.05) is 7.11 Å². The zero-order valence-electron chi connectivity index (χ0n) is 15.2. The fraction of sp³-hybridized carbons (Fsp3) is 0.611. The molecular formula is C18H25N3O4. The topological polar surface area (TPSA) is 93.5 Å². The Morgan fingerprint density at radius 2 is 1.88 bits per heavy atom. The molecule has 25 heavy (non-hydrogen) atoms. The van der Waals surface area contributed by atoms with Gasteiger partial charge in [-0.05, 0) is 52.5 Å². The Morgan fingerprint density at radius 1 is 1.24 bits per heavy atom. The van der Waals surface area contributed by atoms with E-state index in [0.29, 0.717) is 11.4 Å². The van der Waals surface area contributed by atoms with E-state index in [0.717, 1.165) is 25.7 Å². The first kappa shape index (κ1) is 18.8. The predicted octanol–water partition coefficient (Wildman–Crippen LogP) is 3.18. The van der Waals surface area contributed by atoms with Gasteiger partial charge in [-0.25, -0.2) is 4.79 Å². The summed E-state index contributed by atoms with van der Waals surface area (Å²) in [4.78, 5) is 16.0. The minimum absolute atomic E-state index is 0.00988. The second-order valence-corrected chi connectivity index (χ2v) is 7.12.